The third-order valence-electron chi connectivity index (χ3n) is 7.45. The second-order valence-corrected chi connectivity index (χ2v) is 11.6. The van der Waals surface area contributed by atoms with Gasteiger partial charge in [0.05, 0.1) is 19.0 Å². The molecule has 1 unspecified atom stereocenters. The van der Waals surface area contributed by atoms with E-state index in [9.17, 15) is 8.42 Å². The normalized spacial score (nSPS) is 27.8. The van der Waals surface area contributed by atoms with Crippen LogP contribution in [-0.2, 0) is 14.8 Å². The van der Waals surface area contributed by atoms with Crippen LogP contribution in [0.4, 0.5) is 0 Å². The van der Waals surface area contributed by atoms with Gasteiger partial charge in [0, 0.05) is 31.1 Å². The fourth-order valence-electron chi connectivity index (χ4n) is 5.50. The van der Waals surface area contributed by atoms with E-state index >= 15 is 0 Å². The largest absolute Gasteiger partial charge is 0.378 e. The van der Waals surface area contributed by atoms with Crippen LogP contribution in [0.1, 0.15) is 62.1 Å². The number of sulfonamides is 1. The molecule has 0 spiro atoms. The molecule has 1 N–H and O–H groups in total. The maximum absolute atomic E-state index is 12.0. The highest BCUT2D eigenvalue weighted by molar-refractivity contribution is 7.88. The van der Waals surface area contributed by atoms with E-state index in [-0.39, 0.29) is 18.1 Å². The highest BCUT2D eigenvalue weighted by Gasteiger charge is 2.34. The summed E-state index contributed by atoms with van der Waals surface area (Å²) in [6, 6.07) is 21.6. The highest BCUT2D eigenvalue weighted by atomic mass is 32.2. The summed E-state index contributed by atoms with van der Waals surface area (Å²) in [5.74, 6) is 0.772. The number of hydrogen-bond donors (Lipinski definition) is 1. The molecule has 0 bridgehead atoms. The Bertz CT molecular complexity index is 959. The number of rotatable bonds is 8. The topological polar surface area (TPSA) is 58.6 Å². The van der Waals surface area contributed by atoms with Crippen LogP contribution in [0.25, 0.3) is 0 Å². The Morgan fingerprint density at radius 1 is 0.970 bits per heavy atom. The third kappa shape index (κ3) is 6.89. The molecule has 0 amide bonds. The van der Waals surface area contributed by atoms with Crippen molar-refractivity contribution in [1.29, 1.82) is 0 Å². The standard InChI is InChI=1S/C27H38N2O3S/c1-21(22-9-5-3-6-10-22)29-18-17-27(28-33(2,30)31)25(19-29)20-32-26-15-13-24(14-16-26)23-11-7-4-8-12-23/h3-12,21,24-28H,13-20H2,1-2H3/t21-,24?,25+,26?,27?/m1/s1. The number of likely N-dealkylation sites (tertiary alicyclic amines) is 1. The molecular formula is C27H38N2O3S. The van der Waals surface area contributed by atoms with Crippen molar-refractivity contribution in [2.75, 3.05) is 26.0 Å². The zero-order chi connectivity index (χ0) is 23.3. The van der Waals surface area contributed by atoms with E-state index in [1.807, 2.05) is 6.07 Å². The smallest absolute Gasteiger partial charge is 0.208 e. The lowest BCUT2D eigenvalue weighted by Crippen LogP contribution is -2.52. The number of nitrogens with one attached hydrogen (secondary N) is 1. The molecule has 0 radical (unpaired) electrons. The minimum Gasteiger partial charge on any atom is -0.378 e. The first-order valence-corrected chi connectivity index (χ1v) is 14.2. The molecule has 2 fully saturated rings. The van der Waals surface area contributed by atoms with Crippen LogP contribution in [0.15, 0.2) is 60.7 Å². The summed E-state index contributed by atoms with van der Waals surface area (Å²) in [7, 11) is -3.25. The van der Waals surface area contributed by atoms with Crippen molar-refractivity contribution in [1.82, 2.24) is 9.62 Å². The van der Waals surface area contributed by atoms with Crippen molar-refractivity contribution in [2.24, 2.45) is 5.92 Å². The average molecular weight is 471 g/mol. The predicted molar refractivity (Wildman–Crippen MR) is 134 cm³/mol. The van der Waals surface area contributed by atoms with Gasteiger partial charge in [0.1, 0.15) is 0 Å². The Labute approximate surface area is 199 Å². The molecule has 1 aliphatic heterocycles. The lowest BCUT2D eigenvalue weighted by Gasteiger charge is -2.42. The molecule has 2 aliphatic rings. The number of benzene rings is 2. The highest BCUT2D eigenvalue weighted by Crippen LogP contribution is 2.34. The summed E-state index contributed by atoms with van der Waals surface area (Å²) in [4.78, 5) is 2.47. The third-order valence-corrected chi connectivity index (χ3v) is 8.18. The second-order valence-electron chi connectivity index (χ2n) is 9.84. The average Bonchev–Trinajstić information content (AvgIpc) is 2.83. The summed E-state index contributed by atoms with van der Waals surface area (Å²) < 4.78 is 33.3. The van der Waals surface area contributed by atoms with Crippen molar-refractivity contribution in [3.05, 3.63) is 71.8 Å². The van der Waals surface area contributed by atoms with Crippen LogP contribution in [0.2, 0.25) is 0 Å². The zero-order valence-corrected chi connectivity index (χ0v) is 20.7. The Morgan fingerprint density at radius 2 is 1.61 bits per heavy atom. The van der Waals surface area contributed by atoms with Crippen LogP contribution in [-0.4, -0.2) is 51.4 Å². The first-order valence-electron chi connectivity index (χ1n) is 12.3. The van der Waals surface area contributed by atoms with Gasteiger partial charge < -0.3 is 4.74 Å². The lowest BCUT2D eigenvalue weighted by molar-refractivity contribution is -0.0215. The van der Waals surface area contributed by atoms with E-state index in [2.05, 4.69) is 71.1 Å². The van der Waals surface area contributed by atoms with Gasteiger partial charge in [-0.25, -0.2) is 13.1 Å². The van der Waals surface area contributed by atoms with E-state index in [4.69, 9.17) is 4.74 Å². The van der Waals surface area contributed by atoms with E-state index in [1.54, 1.807) is 0 Å². The SMILES string of the molecule is C[C@H](c1ccccc1)N1CCC(NS(C)(=O)=O)[C@H](COC2CCC(c3ccccc3)CC2)C1. The van der Waals surface area contributed by atoms with Crippen LogP contribution in [0, 0.1) is 5.92 Å². The molecule has 5 nitrogen and oxygen atoms in total. The van der Waals surface area contributed by atoms with Gasteiger partial charge in [-0.1, -0.05) is 60.7 Å². The van der Waals surface area contributed by atoms with Crippen molar-refractivity contribution in [3.8, 4) is 0 Å². The number of nitrogens with zero attached hydrogens (tertiary/aromatic N) is 1. The van der Waals surface area contributed by atoms with Gasteiger partial charge in [0.25, 0.3) is 0 Å². The summed E-state index contributed by atoms with van der Waals surface area (Å²) >= 11 is 0. The summed E-state index contributed by atoms with van der Waals surface area (Å²) in [5, 5.41) is 0. The number of piperidine rings is 1. The van der Waals surface area contributed by atoms with Gasteiger partial charge in [-0.05, 0) is 56.1 Å². The monoisotopic (exact) mass is 470 g/mol. The van der Waals surface area contributed by atoms with Gasteiger partial charge in [-0.3, -0.25) is 4.90 Å². The molecule has 33 heavy (non-hydrogen) atoms. The van der Waals surface area contributed by atoms with E-state index < -0.39 is 10.0 Å². The van der Waals surface area contributed by atoms with Gasteiger partial charge in [-0.15, -0.1) is 0 Å². The van der Waals surface area contributed by atoms with Gasteiger partial charge in [0.2, 0.25) is 10.0 Å². The fraction of sp³-hybridized carbons (Fsp3) is 0.556. The molecule has 6 heteroatoms. The molecule has 1 heterocycles. The minimum absolute atomic E-state index is 0.0696. The minimum atomic E-state index is -3.25. The summed E-state index contributed by atoms with van der Waals surface area (Å²) in [5.41, 5.74) is 2.73. The van der Waals surface area contributed by atoms with Crippen LogP contribution in [0.3, 0.4) is 0 Å². The molecule has 2 aromatic carbocycles. The van der Waals surface area contributed by atoms with Crippen LogP contribution < -0.4 is 4.72 Å². The molecule has 1 saturated heterocycles. The van der Waals surface area contributed by atoms with E-state index in [0.29, 0.717) is 18.6 Å². The van der Waals surface area contributed by atoms with Gasteiger partial charge in [-0.2, -0.15) is 0 Å². The maximum atomic E-state index is 12.0. The molecule has 1 saturated carbocycles. The summed E-state index contributed by atoms with van der Waals surface area (Å²) in [6.07, 6.45) is 6.78. The Kier molecular flexibility index (Phi) is 8.23. The van der Waals surface area contributed by atoms with Crippen molar-refractivity contribution in [2.45, 2.75) is 63.1 Å². The quantitative estimate of drug-likeness (QED) is 0.606. The molecule has 4 rings (SSSR count). The van der Waals surface area contributed by atoms with Gasteiger partial charge in [0.15, 0.2) is 0 Å². The Hall–Kier alpha value is -1.73. The van der Waals surface area contributed by atoms with Crippen molar-refractivity contribution >= 4 is 10.0 Å². The number of hydrogen-bond acceptors (Lipinski definition) is 4. The van der Waals surface area contributed by atoms with Crippen molar-refractivity contribution < 1.29 is 13.2 Å². The second kappa shape index (κ2) is 11.1. The molecule has 180 valence electrons. The molecule has 3 atom stereocenters. The predicted octanol–water partition coefficient (Wildman–Crippen LogP) is 4.73. The van der Waals surface area contributed by atoms with Crippen LogP contribution in [0.5, 0.6) is 0 Å². The van der Waals surface area contributed by atoms with Gasteiger partial charge >= 0.3 is 0 Å². The number of ether oxygens (including phenoxy) is 1. The Balaban J connectivity index is 1.35. The maximum Gasteiger partial charge on any atom is 0.208 e. The van der Waals surface area contributed by atoms with Crippen LogP contribution >= 0.6 is 0 Å². The Morgan fingerprint density at radius 3 is 2.24 bits per heavy atom. The zero-order valence-electron chi connectivity index (χ0n) is 19.9. The van der Waals surface area contributed by atoms with E-state index in [1.165, 1.54) is 17.4 Å². The molecule has 2 aromatic rings. The molecular weight excluding hydrogens is 432 g/mol. The molecule has 0 aromatic heterocycles. The van der Waals surface area contributed by atoms with Crippen molar-refractivity contribution in [3.63, 3.8) is 0 Å². The molecule has 1 aliphatic carbocycles. The lowest BCUT2D eigenvalue weighted by atomic mass is 9.82. The van der Waals surface area contributed by atoms with E-state index in [0.717, 1.165) is 45.2 Å². The first kappa shape index (κ1) is 24.4. The fourth-order valence-corrected chi connectivity index (χ4v) is 6.36. The first-order chi connectivity index (χ1) is 15.9. The summed E-state index contributed by atoms with van der Waals surface area (Å²) in [6.45, 7) is 4.55.